The first-order valence-electron chi connectivity index (χ1n) is 8.25. The summed E-state index contributed by atoms with van der Waals surface area (Å²) in [6.07, 6.45) is -2.61. The van der Waals surface area contributed by atoms with Gasteiger partial charge >= 0.3 is 12.1 Å². The molecule has 0 bridgehead atoms. The van der Waals surface area contributed by atoms with Crippen molar-refractivity contribution in [2.45, 2.75) is 45.0 Å². The minimum Gasteiger partial charge on any atom is -0.482 e. The van der Waals surface area contributed by atoms with Gasteiger partial charge in [0.25, 0.3) is 0 Å². The third-order valence-corrected chi connectivity index (χ3v) is 3.28. The number of aliphatic hydroxyl groups excluding tert-OH is 2. The largest absolute Gasteiger partial charge is 0.482 e. The van der Waals surface area contributed by atoms with E-state index in [1.807, 2.05) is 0 Å². The molecule has 0 saturated carbocycles. The van der Waals surface area contributed by atoms with Gasteiger partial charge in [-0.15, -0.1) is 0 Å². The number of aliphatic hydroxyl groups is 2. The Morgan fingerprint density at radius 3 is 2.31 bits per heavy atom. The molecule has 146 valence electrons. The van der Waals surface area contributed by atoms with E-state index >= 15 is 0 Å². The van der Waals surface area contributed by atoms with Gasteiger partial charge in [0.1, 0.15) is 17.5 Å². The van der Waals surface area contributed by atoms with Crippen LogP contribution in [0.15, 0.2) is 24.3 Å². The maximum absolute atomic E-state index is 11.5. The monoisotopic (exact) mass is 369 g/mol. The minimum atomic E-state index is -1.12. The highest BCUT2D eigenvalue weighted by Crippen LogP contribution is 2.21. The fraction of sp³-hybridized carbons (Fsp3) is 0.556. The molecular formula is C18H27NO7. The van der Waals surface area contributed by atoms with E-state index in [1.54, 1.807) is 45.0 Å². The Morgan fingerprint density at radius 2 is 1.77 bits per heavy atom. The first kappa shape index (κ1) is 21.7. The van der Waals surface area contributed by atoms with Gasteiger partial charge in [-0.3, -0.25) is 0 Å². The van der Waals surface area contributed by atoms with E-state index in [-0.39, 0.29) is 19.6 Å². The van der Waals surface area contributed by atoms with Crippen LogP contribution >= 0.6 is 0 Å². The summed E-state index contributed by atoms with van der Waals surface area (Å²) in [6.45, 7) is 5.21. The number of carbonyl (C=O) groups excluding carboxylic acids is 2. The zero-order valence-corrected chi connectivity index (χ0v) is 15.5. The van der Waals surface area contributed by atoms with Gasteiger partial charge in [-0.25, -0.2) is 9.59 Å². The van der Waals surface area contributed by atoms with Gasteiger partial charge in [0.15, 0.2) is 6.61 Å². The van der Waals surface area contributed by atoms with E-state index in [2.05, 4.69) is 10.1 Å². The van der Waals surface area contributed by atoms with Crippen LogP contribution in [-0.2, 0) is 14.3 Å². The third-order valence-electron chi connectivity index (χ3n) is 3.28. The molecule has 0 saturated heterocycles. The van der Waals surface area contributed by atoms with E-state index in [4.69, 9.17) is 9.47 Å². The van der Waals surface area contributed by atoms with E-state index in [0.29, 0.717) is 11.3 Å². The Kier molecular flexibility index (Phi) is 8.34. The molecule has 0 spiro atoms. The van der Waals surface area contributed by atoms with Crippen molar-refractivity contribution in [3.05, 3.63) is 29.8 Å². The van der Waals surface area contributed by atoms with Crippen molar-refractivity contribution in [1.29, 1.82) is 0 Å². The quantitative estimate of drug-likeness (QED) is 0.596. The van der Waals surface area contributed by atoms with Crippen LogP contribution in [0, 0.1) is 0 Å². The molecule has 8 heteroatoms. The molecule has 0 aliphatic carbocycles. The SMILES string of the molecule is COC(=O)COc1ccc(C(O)C(O)CCNC(=O)OC(C)(C)C)cc1. The van der Waals surface area contributed by atoms with Gasteiger partial charge in [0, 0.05) is 6.54 Å². The molecule has 1 aromatic carbocycles. The lowest BCUT2D eigenvalue weighted by atomic mass is 10.0. The van der Waals surface area contributed by atoms with Crippen LogP contribution in [0.3, 0.4) is 0 Å². The number of hydrogen-bond acceptors (Lipinski definition) is 7. The van der Waals surface area contributed by atoms with Crippen LogP contribution in [-0.4, -0.2) is 54.2 Å². The van der Waals surface area contributed by atoms with E-state index < -0.39 is 29.9 Å². The summed E-state index contributed by atoms with van der Waals surface area (Å²) in [6, 6.07) is 6.32. The van der Waals surface area contributed by atoms with Crippen molar-refractivity contribution in [2.24, 2.45) is 0 Å². The van der Waals surface area contributed by atoms with Gasteiger partial charge in [0.2, 0.25) is 0 Å². The fourth-order valence-electron chi connectivity index (χ4n) is 1.98. The number of methoxy groups -OCH3 is 1. The molecule has 26 heavy (non-hydrogen) atoms. The summed E-state index contributed by atoms with van der Waals surface area (Å²) in [5.74, 6) is -0.0607. The maximum atomic E-state index is 11.5. The van der Waals surface area contributed by atoms with Crippen molar-refractivity contribution < 1.29 is 34.0 Å². The van der Waals surface area contributed by atoms with Crippen LogP contribution in [0.5, 0.6) is 5.75 Å². The van der Waals surface area contributed by atoms with Gasteiger partial charge < -0.3 is 29.7 Å². The second-order valence-corrected chi connectivity index (χ2v) is 6.66. The molecular weight excluding hydrogens is 342 g/mol. The molecule has 1 rings (SSSR count). The molecule has 0 aliphatic rings. The Labute approximate surface area is 153 Å². The number of esters is 1. The molecule has 2 unspecified atom stereocenters. The summed E-state index contributed by atoms with van der Waals surface area (Å²) < 4.78 is 14.8. The molecule has 0 aliphatic heterocycles. The van der Waals surface area contributed by atoms with Crippen molar-refractivity contribution in [1.82, 2.24) is 5.32 Å². The van der Waals surface area contributed by atoms with Crippen molar-refractivity contribution in [2.75, 3.05) is 20.3 Å². The van der Waals surface area contributed by atoms with Crippen molar-refractivity contribution >= 4 is 12.1 Å². The third kappa shape index (κ3) is 8.17. The number of carbonyl (C=O) groups is 2. The smallest absolute Gasteiger partial charge is 0.407 e. The predicted octanol–water partition coefficient (Wildman–Crippen LogP) is 1.55. The van der Waals surface area contributed by atoms with Gasteiger partial charge in [-0.1, -0.05) is 12.1 Å². The number of amides is 1. The standard InChI is InChI=1S/C18H27NO7/c1-18(2,3)26-17(23)19-10-9-14(20)16(22)12-5-7-13(8-6-12)25-11-15(21)24-4/h5-8,14,16,20,22H,9-11H2,1-4H3,(H,19,23). The van der Waals surface area contributed by atoms with Gasteiger partial charge in [-0.2, -0.15) is 0 Å². The molecule has 3 N–H and O–H groups in total. The lowest BCUT2D eigenvalue weighted by molar-refractivity contribution is -0.142. The fourth-order valence-corrected chi connectivity index (χ4v) is 1.98. The molecule has 0 heterocycles. The highest BCUT2D eigenvalue weighted by molar-refractivity contribution is 5.70. The Morgan fingerprint density at radius 1 is 1.15 bits per heavy atom. The Bertz CT molecular complexity index is 580. The highest BCUT2D eigenvalue weighted by Gasteiger charge is 2.20. The summed E-state index contributed by atoms with van der Waals surface area (Å²) in [4.78, 5) is 22.5. The molecule has 2 atom stereocenters. The van der Waals surface area contributed by atoms with Gasteiger partial charge in [-0.05, 0) is 44.9 Å². The average Bonchev–Trinajstić information content (AvgIpc) is 2.57. The molecule has 1 amide bonds. The second-order valence-electron chi connectivity index (χ2n) is 6.66. The van der Waals surface area contributed by atoms with Gasteiger partial charge in [0.05, 0.1) is 13.2 Å². The molecule has 8 nitrogen and oxygen atoms in total. The predicted molar refractivity (Wildman–Crippen MR) is 93.8 cm³/mol. The molecule has 0 radical (unpaired) electrons. The van der Waals surface area contributed by atoms with E-state index in [9.17, 15) is 19.8 Å². The highest BCUT2D eigenvalue weighted by atomic mass is 16.6. The van der Waals surface area contributed by atoms with E-state index in [0.717, 1.165) is 0 Å². The second kappa shape index (κ2) is 9.98. The first-order valence-corrected chi connectivity index (χ1v) is 8.25. The summed E-state index contributed by atoms with van der Waals surface area (Å²) in [5.41, 5.74) is -0.111. The average molecular weight is 369 g/mol. The Balaban J connectivity index is 2.44. The first-order chi connectivity index (χ1) is 12.1. The number of hydrogen-bond donors (Lipinski definition) is 3. The van der Waals surface area contributed by atoms with Crippen LogP contribution in [0.2, 0.25) is 0 Å². The zero-order chi connectivity index (χ0) is 19.7. The molecule has 0 fully saturated rings. The minimum absolute atomic E-state index is 0.154. The summed E-state index contributed by atoms with van der Waals surface area (Å²) in [5, 5.41) is 22.8. The van der Waals surface area contributed by atoms with Crippen LogP contribution in [0.1, 0.15) is 38.9 Å². The Hall–Kier alpha value is -2.32. The number of benzene rings is 1. The lowest BCUT2D eigenvalue weighted by Crippen LogP contribution is -2.34. The van der Waals surface area contributed by atoms with Crippen molar-refractivity contribution in [3.8, 4) is 5.75 Å². The number of nitrogens with one attached hydrogen (secondary N) is 1. The normalized spacial score (nSPS) is 13.5. The molecule has 1 aromatic rings. The number of rotatable bonds is 8. The molecule has 0 aromatic heterocycles. The van der Waals surface area contributed by atoms with E-state index in [1.165, 1.54) is 7.11 Å². The van der Waals surface area contributed by atoms with Crippen LogP contribution in [0.4, 0.5) is 4.79 Å². The lowest BCUT2D eigenvalue weighted by Gasteiger charge is -2.21. The van der Waals surface area contributed by atoms with Crippen LogP contribution < -0.4 is 10.1 Å². The van der Waals surface area contributed by atoms with Crippen molar-refractivity contribution in [3.63, 3.8) is 0 Å². The number of alkyl carbamates (subject to hydrolysis) is 1. The summed E-state index contributed by atoms with van der Waals surface area (Å²) >= 11 is 0. The zero-order valence-electron chi connectivity index (χ0n) is 15.5. The number of ether oxygens (including phenoxy) is 3. The topological polar surface area (TPSA) is 114 Å². The summed E-state index contributed by atoms with van der Waals surface area (Å²) in [7, 11) is 1.27. The van der Waals surface area contributed by atoms with Crippen LogP contribution in [0.25, 0.3) is 0 Å². The maximum Gasteiger partial charge on any atom is 0.407 e.